The number of aryl methyl sites for hydroxylation is 1. The molecule has 60 valence electrons. The highest BCUT2D eigenvalue weighted by Gasteiger charge is 2.00. The molecule has 0 spiro atoms. The van der Waals surface area contributed by atoms with Gasteiger partial charge in [-0.1, -0.05) is 0 Å². The Morgan fingerprint density at radius 3 is 3.00 bits per heavy atom. The van der Waals surface area contributed by atoms with Crippen molar-refractivity contribution in [3.63, 3.8) is 0 Å². The van der Waals surface area contributed by atoms with Crippen LogP contribution in [0.25, 0.3) is 10.9 Å². The summed E-state index contributed by atoms with van der Waals surface area (Å²) in [4.78, 5) is 12.2. The molecule has 4 heteroatoms. The lowest BCUT2D eigenvalue weighted by atomic mass is 10.3. The Kier molecular flexibility index (Phi) is 1.40. The summed E-state index contributed by atoms with van der Waals surface area (Å²) < 4.78 is 0. The topological polar surface area (TPSA) is 64.7 Å². The maximum absolute atomic E-state index is 5.68. The predicted molar refractivity (Wildman–Crippen MR) is 46.5 cm³/mol. The molecule has 0 fully saturated rings. The number of hydrogen-bond acceptors (Lipinski definition) is 4. The van der Waals surface area contributed by atoms with E-state index in [1.54, 1.807) is 12.4 Å². The second-order valence-corrected chi connectivity index (χ2v) is 2.55. The first-order chi connectivity index (χ1) is 5.77. The quantitative estimate of drug-likeness (QED) is 0.622. The number of pyridine rings is 1. The average molecular weight is 160 g/mol. The molecule has 4 nitrogen and oxygen atoms in total. The molecule has 2 aromatic rings. The number of nitrogens with zero attached hydrogens (tertiary/aromatic N) is 3. The van der Waals surface area contributed by atoms with Crippen LogP contribution >= 0.6 is 0 Å². The summed E-state index contributed by atoms with van der Waals surface area (Å²) >= 11 is 0. The fourth-order valence-electron chi connectivity index (χ4n) is 1.13. The van der Waals surface area contributed by atoms with Crippen molar-refractivity contribution in [2.24, 2.45) is 0 Å². The average Bonchev–Trinajstić information content (AvgIpc) is 2.04. The van der Waals surface area contributed by atoms with Gasteiger partial charge in [0.2, 0.25) is 0 Å². The van der Waals surface area contributed by atoms with Gasteiger partial charge >= 0.3 is 0 Å². The van der Waals surface area contributed by atoms with Gasteiger partial charge in [-0.15, -0.1) is 0 Å². The first-order valence-electron chi connectivity index (χ1n) is 3.61. The smallest absolute Gasteiger partial charge is 0.135 e. The molecule has 0 unspecified atom stereocenters. The Balaban J connectivity index is 2.89. The lowest BCUT2D eigenvalue weighted by molar-refractivity contribution is 1.09. The minimum atomic E-state index is 0.514. The molecular weight excluding hydrogens is 152 g/mol. The third-order valence-electron chi connectivity index (χ3n) is 1.64. The van der Waals surface area contributed by atoms with Gasteiger partial charge in [0.05, 0.1) is 11.7 Å². The first kappa shape index (κ1) is 6.97. The van der Waals surface area contributed by atoms with E-state index >= 15 is 0 Å². The molecule has 0 radical (unpaired) electrons. The zero-order valence-electron chi connectivity index (χ0n) is 6.65. The Bertz CT molecular complexity index is 424. The van der Waals surface area contributed by atoms with Gasteiger partial charge in [-0.2, -0.15) is 0 Å². The summed E-state index contributed by atoms with van der Waals surface area (Å²) in [5.41, 5.74) is 6.47. The summed E-state index contributed by atoms with van der Waals surface area (Å²) in [6.45, 7) is 1.81. The van der Waals surface area contributed by atoms with E-state index in [1.807, 2.05) is 13.0 Å². The Morgan fingerprint density at radius 1 is 1.33 bits per heavy atom. The van der Waals surface area contributed by atoms with Gasteiger partial charge in [-0.3, -0.25) is 4.98 Å². The molecule has 2 heterocycles. The van der Waals surface area contributed by atoms with Crippen LogP contribution < -0.4 is 5.73 Å². The molecule has 12 heavy (non-hydrogen) atoms. The van der Waals surface area contributed by atoms with Crippen molar-refractivity contribution in [3.05, 3.63) is 24.3 Å². The molecule has 2 aromatic heterocycles. The maximum atomic E-state index is 5.68. The van der Waals surface area contributed by atoms with Crippen molar-refractivity contribution in [1.82, 2.24) is 15.0 Å². The van der Waals surface area contributed by atoms with E-state index in [-0.39, 0.29) is 0 Å². The zero-order chi connectivity index (χ0) is 8.55. The van der Waals surface area contributed by atoms with E-state index < -0.39 is 0 Å². The van der Waals surface area contributed by atoms with E-state index in [0.717, 1.165) is 10.9 Å². The molecule has 2 rings (SSSR count). The number of fused-ring (bicyclic) bond motifs is 1. The predicted octanol–water partition coefficient (Wildman–Crippen LogP) is 0.915. The third kappa shape index (κ3) is 0.972. The fourth-order valence-corrected chi connectivity index (χ4v) is 1.13. The van der Waals surface area contributed by atoms with Crippen molar-refractivity contribution in [3.8, 4) is 0 Å². The molecule has 0 aromatic carbocycles. The van der Waals surface area contributed by atoms with Crippen molar-refractivity contribution in [2.75, 3.05) is 5.73 Å². The van der Waals surface area contributed by atoms with E-state index in [4.69, 9.17) is 5.73 Å². The number of rotatable bonds is 0. The van der Waals surface area contributed by atoms with Crippen LogP contribution in [0.4, 0.5) is 5.82 Å². The monoisotopic (exact) mass is 160 g/mol. The fraction of sp³-hybridized carbons (Fsp3) is 0.125. The summed E-state index contributed by atoms with van der Waals surface area (Å²) in [7, 11) is 0. The number of nitrogens with two attached hydrogens (primary N) is 1. The molecule has 0 atom stereocenters. The van der Waals surface area contributed by atoms with Crippen molar-refractivity contribution >= 4 is 16.7 Å². The maximum Gasteiger partial charge on any atom is 0.135 e. The summed E-state index contributed by atoms with van der Waals surface area (Å²) in [6.07, 6.45) is 3.36. The summed E-state index contributed by atoms with van der Waals surface area (Å²) in [5.74, 6) is 1.19. The molecule has 0 aliphatic rings. The SMILES string of the molecule is Cc1nc(N)c2ccncc2n1. The zero-order valence-corrected chi connectivity index (χ0v) is 6.65. The number of aromatic nitrogens is 3. The normalized spacial score (nSPS) is 10.4. The van der Waals surface area contributed by atoms with Crippen molar-refractivity contribution < 1.29 is 0 Å². The molecular formula is C8H8N4. The lowest BCUT2D eigenvalue weighted by Gasteiger charge is -2.00. The Hall–Kier alpha value is -1.71. The van der Waals surface area contributed by atoms with Crippen LogP contribution in [0.3, 0.4) is 0 Å². The van der Waals surface area contributed by atoms with Crippen LogP contribution in [0.1, 0.15) is 5.82 Å². The summed E-state index contributed by atoms with van der Waals surface area (Å²) in [5, 5.41) is 0.857. The Morgan fingerprint density at radius 2 is 2.17 bits per heavy atom. The van der Waals surface area contributed by atoms with Gasteiger partial charge < -0.3 is 5.73 Å². The minimum absolute atomic E-state index is 0.514. The lowest BCUT2D eigenvalue weighted by Crippen LogP contribution is -1.97. The summed E-state index contributed by atoms with van der Waals surface area (Å²) in [6, 6.07) is 1.81. The second kappa shape index (κ2) is 2.41. The highest BCUT2D eigenvalue weighted by Crippen LogP contribution is 2.14. The molecule has 2 N–H and O–H groups in total. The van der Waals surface area contributed by atoms with Crippen LogP contribution in [0, 0.1) is 6.92 Å². The molecule has 0 aliphatic heterocycles. The standard InChI is InChI=1S/C8H8N4/c1-5-11-7-4-10-3-2-6(7)8(9)12-5/h2-4H,1H3,(H2,9,11,12). The Labute approximate surface area is 69.5 Å². The van der Waals surface area contributed by atoms with E-state index in [9.17, 15) is 0 Å². The highest BCUT2D eigenvalue weighted by atomic mass is 14.9. The van der Waals surface area contributed by atoms with Crippen LogP contribution in [0.2, 0.25) is 0 Å². The van der Waals surface area contributed by atoms with Gasteiger partial charge in [-0.05, 0) is 13.0 Å². The second-order valence-electron chi connectivity index (χ2n) is 2.55. The van der Waals surface area contributed by atoms with Crippen LogP contribution in [-0.4, -0.2) is 15.0 Å². The van der Waals surface area contributed by atoms with Gasteiger partial charge in [-0.25, -0.2) is 9.97 Å². The van der Waals surface area contributed by atoms with E-state index in [1.165, 1.54) is 0 Å². The van der Waals surface area contributed by atoms with Crippen LogP contribution in [-0.2, 0) is 0 Å². The molecule has 0 saturated heterocycles. The third-order valence-corrected chi connectivity index (χ3v) is 1.64. The van der Waals surface area contributed by atoms with E-state index in [2.05, 4.69) is 15.0 Å². The van der Waals surface area contributed by atoms with Crippen LogP contribution in [0.5, 0.6) is 0 Å². The molecule has 0 saturated carbocycles. The van der Waals surface area contributed by atoms with Crippen LogP contribution in [0.15, 0.2) is 18.5 Å². The number of anilines is 1. The first-order valence-corrected chi connectivity index (χ1v) is 3.61. The van der Waals surface area contributed by atoms with Gasteiger partial charge in [0.15, 0.2) is 0 Å². The molecule has 0 amide bonds. The minimum Gasteiger partial charge on any atom is -0.383 e. The highest BCUT2D eigenvalue weighted by molar-refractivity contribution is 5.86. The molecule has 0 aliphatic carbocycles. The van der Waals surface area contributed by atoms with Gasteiger partial charge in [0, 0.05) is 11.6 Å². The number of nitrogen functional groups attached to an aromatic ring is 1. The number of hydrogen-bond donors (Lipinski definition) is 1. The van der Waals surface area contributed by atoms with Gasteiger partial charge in [0.25, 0.3) is 0 Å². The van der Waals surface area contributed by atoms with Crippen molar-refractivity contribution in [1.29, 1.82) is 0 Å². The van der Waals surface area contributed by atoms with Crippen molar-refractivity contribution in [2.45, 2.75) is 6.92 Å². The molecule has 0 bridgehead atoms. The van der Waals surface area contributed by atoms with E-state index in [0.29, 0.717) is 11.6 Å². The van der Waals surface area contributed by atoms with Gasteiger partial charge in [0.1, 0.15) is 11.6 Å². The largest absolute Gasteiger partial charge is 0.383 e.